The van der Waals surface area contributed by atoms with Gasteiger partial charge < -0.3 is 0 Å². The molecule has 6 nitrogen and oxygen atoms in total. The highest BCUT2D eigenvalue weighted by molar-refractivity contribution is 7.92. The summed E-state index contributed by atoms with van der Waals surface area (Å²) in [4.78, 5) is 13.1. The lowest BCUT2D eigenvalue weighted by Crippen LogP contribution is -2.31. The van der Waals surface area contributed by atoms with Crippen LogP contribution in [-0.2, 0) is 16.6 Å². The SMILES string of the molecule is Cc1ccc(Cl)cc1N(Cc1ccc(C(=O)NN=C2CCCCCCCCCCC2)cc1)S(=O)(=O)c1ccccc1. The van der Waals surface area contributed by atoms with E-state index in [1.807, 2.05) is 13.0 Å². The van der Waals surface area contributed by atoms with E-state index in [2.05, 4.69) is 10.5 Å². The number of aryl methyl sites for hydroxylation is 1. The molecule has 0 unspecified atom stereocenters. The molecule has 0 saturated heterocycles. The van der Waals surface area contributed by atoms with Gasteiger partial charge in [-0.05, 0) is 80.1 Å². The number of anilines is 1. The third-order valence-corrected chi connectivity index (χ3v) is 9.57. The second kappa shape index (κ2) is 15.2. The highest BCUT2D eigenvalue weighted by Crippen LogP contribution is 2.31. The van der Waals surface area contributed by atoms with E-state index in [0.717, 1.165) is 42.5 Å². The third-order valence-electron chi connectivity index (χ3n) is 7.56. The average molecular weight is 594 g/mol. The first-order valence-electron chi connectivity index (χ1n) is 14.6. The van der Waals surface area contributed by atoms with Crippen molar-refractivity contribution < 1.29 is 13.2 Å². The summed E-state index contributed by atoms with van der Waals surface area (Å²) in [5.74, 6) is -0.269. The average Bonchev–Trinajstić information content (AvgIpc) is 2.97. The van der Waals surface area contributed by atoms with Gasteiger partial charge in [0.2, 0.25) is 0 Å². The zero-order chi connectivity index (χ0) is 29.1. The van der Waals surface area contributed by atoms with Crippen LogP contribution < -0.4 is 9.73 Å². The fourth-order valence-electron chi connectivity index (χ4n) is 5.12. The molecule has 0 radical (unpaired) electrons. The van der Waals surface area contributed by atoms with Crippen LogP contribution in [0.2, 0.25) is 5.02 Å². The van der Waals surface area contributed by atoms with E-state index in [4.69, 9.17) is 11.6 Å². The Hall–Kier alpha value is -3.16. The smallest absolute Gasteiger partial charge is 0.267 e. The van der Waals surface area contributed by atoms with Gasteiger partial charge in [0.1, 0.15) is 0 Å². The van der Waals surface area contributed by atoms with Crippen LogP contribution in [0.4, 0.5) is 5.69 Å². The van der Waals surface area contributed by atoms with Gasteiger partial charge in [0.05, 0.1) is 17.1 Å². The lowest BCUT2D eigenvalue weighted by atomic mass is 10.00. The summed E-state index contributed by atoms with van der Waals surface area (Å²) in [7, 11) is -3.88. The van der Waals surface area contributed by atoms with E-state index in [9.17, 15) is 13.2 Å². The van der Waals surface area contributed by atoms with Gasteiger partial charge in [-0.1, -0.05) is 92.9 Å². The summed E-state index contributed by atoms with van der Waals surface area (Å²) in [5, 5.41) is 4.95. The molecule has 1 saturated carbocycles. The minimum atomic E-state index is -3.88. The second-order valence-electron chi connectivity index (χ2n) is 10.8. The van der Waals surface area contributed by atoms with Crippen LogP contribution in [0, 0.1) is 6.92 Å². The molecule has 0 aliphatic heterocycles. The van der Waals surface area contributed by atoms with Crippen molar-refractivity contribution in [3.8, 4) is 0 Å². The highest BCUT2D eigenvalue weighted by atomic mass is 35.5. The molecule has 1 aliphatic rings. The molecular weight excluding hydrogens is 554 g/mol. The first kappa shape index (κ1) is 30.8. The van der Waals surface area contributed by atoms with Crippen LogP contribution >= 0.6 is 11.6 Å². The first-order valence-corrected chi connectivity index (χ1v) is 16.4. The Bertz CT molecular complexity index is 1410. The fraction of sp³-hybridized carbons (Fsp3) is 0.394. The highest BCUT2D eigenvalue weighted by Gasteiger charge is 2.26. The molecular formula is C33H40ClN3O3S. The van der Waals surface area contributed by atoms with Crippen molar-refractivity contribution >= 4 is 38.9 Å². The van der Waals surface area contributed by atoms with Crippen molar-refractivity contribution in [1.29, 1.82) is 0 Å². The minimum absolute atomic E-state index is 0.0859. The molecule has 0 bridgehead atoms. The van der Waals surface area contributed by atoms with E-state index >= 15 is 0 Å². The number of nitrogens with zero attached hydrogens (tertiary/aromatic N) is 2. The van der Waals surface area contributed by atoms with Gasteiger partial charge in [0.25, 0.3) is 15.9 Å². The van der Waals surface area contributed by atoms with Gasteiger partial charge in [-0.25, -0.2) is 13.8 Å². The van der Waals surface area contributed by atoms with Crippen molar-refractivity contribution in [1.82, 2.24) is 5.43 Å². The topological polar surface area (TPSA) is 78.8 Å². The van der Waals surface area contributed by atoms with Gasteiger partial charge in [-0.15, -0.1) is 0 Å². The van der Waals surface area contributed by atoms with Crippen LogP contribution in [-0.4, -0.2) is 20.0 Å². The molecule has 0 aromatic heterocycles. The van der Waals surface area contributed by atoms with Crippen LogP contribution in [0.1, 0.15) is 92.1 Å². The minimum Gasteiger partial charge on any atom is -0.267 e. The molecule has 1 N–H and O–H groups in total. The molecule has 1 amide bonds. The largest absolute Gasteiger partial charge is 0.271 e. The lowest BCUT2D eigenvalue weighted by molar-refractivity contribution is 0.0954. The summed E-state index contributed by atoms with van der Waals surface area (Å²) < 4.78 is 28.8. The molecule has 4 rings (SSSR count). The maximum absolute atomic E-state index is 13.7. The van der Waals surface area contributed by atoms with E-state index in [1.54, 1.807) is 66.7 Å². The maximum atomic E-state index is 13.7. The van der Waals surface area contributed by atoms with Gasteiger partial charge >= 0.3 is 0 Å². The van der Waals surface area contributed by atoms with Gasteiger partial charge in [0.15, 0.2) is 0 Å². The number of nitrogens with one attached hydrogen (secondary N) is 1. The first-order chi connectivity index (χ1) is 19.8. The van der Waals surface area contributed by atoms with Gasteiger partial charge in [-0.2, -0.15) is 5.10 Å². The summed E-state index contributed by atoms with van der Waals surface area (Å²) in [6, 6.07) is 20.6. The molecule has 3 aromatic rings. The lowest BCUT2D eigenvalue weighted by Gasteiger charge is -2.26. The Morgan fingerprint density at radius 2 is 1.41 bits per heavy atom. The number of hydrogen-bond acceptors (Lipinski definition) is 4. The monoisotopic (exact) mass is 593 g/mol. The second-order valence-corrected chi connectivity index (χ2v) is 13.1. The van der Waals surface area contributed by atoms with Crippen molar-refractivity contribution in [2.75, 3.05) is 4.31 Å². The normalized spacial score (nSPS) is 15.3. The molecule has 1 aliphatic carbocycles. The van der Waals surface area contributed by atoms with E-state index in [-0.39, 0.29) is 17.3 Å². The zero-order valence-corrected chi connectivity index (χ0v) is 25.4. The number of carbonyl (C=O) groups is 1. The Morgan fingerprint density at radius 1 is 0.829 bits per heavy atom. The molecule has 0 heterocycles. The fourth-order valence-corrected chi connectivity index (χ4v) is 6.82. The molecule has 8 heteroatoms. The van der Waals surface area contributed by atoms with Gasteiger partial charge in [-0.3, -0.25) is 9.10 Å². The van der Waals surface area contributed by atoms with E-state index in [1.165, 1.54) is 49.3 Å². The molecule has 218 valence electrons. The Morgan fingerprint density at radius 3 is 2.02 bits per heavy atom. The van der Waals surface area contributed by atoms with Crippen LogP contribution in [0.5, 0.6) is 0 Å². The number of rotatable bonds is 7. The number of carbonyl (C=O) groups excluding carboxylic acids is 1. The Kier molecular flexibility index (Phi) is 11.4. The maximum Gasteiger partial charge on any atom is 0.271 e. The van der Waals surface area contributed by atoms with Crippen molar-refractivity contribution in [3.05, 3.63) is 94.5 Å². The van der Waals surface area contributed by atoms with Crippen molar-refractivity contribution in [2.45, 2.75) is 89.0 Å². The Balaban J connectivity index is 1.49. The number of benzene rings is 3. The third kappa shape index (κ3) is 8.91. The molecule has 41 heavy (non-hydrogen) atoms. The summed E-state index contributed by atoms with van der Waals surface area (Å²) >= 11 is 6.27. The zero-order valence-electron chi connectivity index (χ0n) is 23.8. The van der Waals surface area contributed by atoms with E-state index < -0.39 is 10.0 Å². The predicted molar refractivity (Wildman–Crippen MR) is 168 cm³/mol. The quantitative estimate of drug-likeness (QED) is 0.279. The van der Waals surface area contributed by atoms with Crippen molar-refractivity contribution in [2.24, 2.45) is 5.10 Å². The summed E-state index contributed by atoms with van der Waals surface area (Å²) in [6.45, 7) is 1.94. The number of hydrazone groups is 1. The number of halogens is 1. The summed E-state index contributed by atoms with van der Waals surface area (Å²) in [6.07, 6.45) is 13.0. The summed E-state index contributed by atoms with van der Waals surface area (Å²) in [5.41, 5.74) is 6.33. The van der Waals surface area contributed by atoms with Crippen LogP contribution in [0.25, 0.3) is 0 Å². The van der Waals surface area contributed by atoms with Crippen LogP contribution in [0.3, 0.4) is 0 Å². The predicted octanol–water partition coefficient (Wildman–Crippen LogP) is 8.43. The number of sulfonamides is 1. The van der Waals surface area contributed by atoms with E-state index in [0.29, 0.717) is 16.3 Å². The molecule has 3 aromatic carbocycles. The molecule has 0 atom stereocenters. The molecule has 1 fully saturated rings. The standard InChI is InChI=1S/C33H40ClN3O3S/c1-26-18-23-29(34)24-32(26)37(41(39,40)31-16-12-9-13-17-31)25-27-19-21-28(22-20-27)33(38)36-35-30-14-10-7-5-3-2-4-6-8-11-15-30/h9,12-13,16-24H,2-8,10-11,14-15,25H2,1H3,(H,36,38). The van der Waals surface area contributed by atoms with Crippen molar-refractivity contribution in [3.63, 3.8) is 0 Å². The Labute approximate surface area is 249 Å². The number of hydrogen-bond donors (Lipinski definition) is 1. The molecule has 0 spiro atoms. The van der Waals surface area contributed by atoms with Crippen LogP contribution in [0.15, 0.2) is 82.8 Å². The number of amides is 1. The van der Waals surface area contributed by atoms with Gasteiger partial charge in [0, 0.05) is 16.3 Å².